The van der Waals surface area contributed by atoms with Crippen molar-refractivity contribution < 1.29 is 8.78 Å². The van der Waals surface area contributed by atoms with E-state index < -0.39 is 11.6 Å². The van der Waals surface area contributed by atoms with Crippen molar-refractivity contribution in [2.24, 2.45) is 0 Å². The Balaban J connectivity index is 2.26. The average Bonchev–Trinajstić information content (AvgIpc) is 2.76. The van der Waals surface area contributed by atoms with E-state index in [-0.39, 0.29) is 5.52 Å². The summed E-state index contributed by atoms with van der Waals surface area (Å²) in [6.07, 6.45) is 0. The summed E-state index contributed by atoms with van der Waals surface area (Å²) in [6, 6.07) is 7.61. The Hall–Kier alpha value is -1.27. The summed E-state index contributed by atoms with van der Waals surface area (Å²) in [6.45, 7) is 0. The highest BCUT2D eigenvalue weighted by Crippen LogP contribution is 2.31. The Kier molecular flexibility index (Phi) is 3.14. The van der Waals surface area contributed by atoms with Crippen molar-refractivity contribution in [3.05, 3.63) is 50.9 Å². The predicted molar refractivity (Wildman–Crippen MR) is 76.8 cm³/mol. The highest BCUT2D eigenvalue weighted by Gasteiger charge is 2.13. The van der Waals surface area contributed by atoms with Gasteiger partial charge in [-0.2, -0.15) is 0 Å². The molecular formula is C13H6Br2F2N2. The fraction of sp³-hybridized carbons (Fsp3) is 0. The van der Waals surface area contributed by atoms with Gasteiger partial charge in [-0.25, -0.2) is 13.8 Å². The zero-order chi connectivity index (χ0) is 13.6. The van der Waals surface area contributed by atoms with E-state index in [1.165, 1.54) is 6.07 Å². The molecule has 1 heterocycles. The molecule has 0 spiro atoms. The smallest absolute Gasteiger partial charge is 0.153 e. The highest BCUT2D eigenvalue weighted by atomic mass is 79.9. The molecule has 0 atom stereocenters. The van der Waals surface area contributed by atoms with Crippen molar-refractivity contribution in [3.8, 4) is 11.4 Å². The van der Waals surface area contributed by atoms with Gasteiger partial charge >= 0.3 is 0 Å². The predicted octanol–water partition coefficient (Wildman–Crippen LogP) is 5.03. The topological polar surface area (TPSA) is 28.7 Å². The quantitative estimate of drug-likeness (QED) is 0.623. The van der Waals surface area contributed by atoms with Gasteiger partial charge in [-0.3, -0.25) is 0 Å². The normalized spacial score (nSPS) is 11.2. The average molecular weight is 388 g/mol. The Morgan fingerprint density at radius 1 is 1.05 bits per heavy atom. The van der Waals surface area contributed by atoms with E-state index in [0.717, 1.165) is 20.6 Å². The molecule has 96 valence electrons. The van der Waals surface area contributed by atoms with Crippen LogP contribution in [0.25, 0.3) is 22.4 Å². The van der Waals surface area contributed by atoms with E-state index in [4.69, 9.17) is 0 Å². The molecule has 0 unspecified atom stereocenters. The van der Waals surface area contributed by atoms with Gasteiger partial charge in [0, 0.05) is 20.6 Å². The highest BCUT2D eigenvalue weighted by molar-refractivity contribution is 9.11. The summed E-state index contributed by atoms with van der Waals surface area (Å²) in [5, 5.41) is 0. The van der Waals surface area contributed by atoms with E-state index in [0.29, 0.717) is 11.3 Å². The third kappa shape index (κ3) is 2.30. The van der Waals surface area contributed by atoms with Crippen molar-refractivity contribution in [3.63, 3.8) is 0 Å². The first-order valence-electron chi connectivity index (χ1n) is 5.35. The lowest BCUT2D eigenvalue weighted by Crippen LogP contribution is -1.83. The Morgan fingerprint density at radius 3 is 2.63 bits per heavy atom. The molecule has 0 bridgehead atoms. The van der Waals surface area contributed by atoms with E-state index >= 15 is 0 Å². The molecule has 1 aromatic heterocycles. The first-order chi connectivity index (χ1) is 9.04. The molecule has 2 aromatic carbocycles. The SMILES string of the molecule is Fc1cc(F)c2nc(-c3cc(Br)ccc3Br)[nH]c2c1. The number of H-pyrrole nitrogens is 1. The van der Waals surface area contributed by atoms with Crippen LogP contribution in [-0.4, -0.2) is 9.97 Å². The summed E-state index contributed by atoms with van der Waals surface area (Å²) in [4.78, 5) is 7.10. The molecule has 0 saturated carbocycles. The minimum Gasteiger partial charge on any atom is -0.338 e. The maximum atomic E-state index is 13.6. The van der Waals surface area contributed by atoms with Crippen molar-refractivity contribution in [1.82, 2.24) is 9.97 Å². The number of nitrogens with zero attached hydrogens (tertiary/aromatic N) is 1. The number of aromatic amines is 1. The lowest BCUT2D eigenvalue weighted by atomic mass is 10.2. The van der Waals surface area contributed by atoms with Gasteiger partial charge in [0.25, 0.3) is 0 Å². The maximum Gasteiger partial charge on any atom is 0.153 e. The number of aromatic nitrogens is 2. The standard InChI is InChI=1S/C13H6Br2F2N2/c14-6-1-2-9(15)8(3-6)13-18-11-5-7(16)4-10(17)12(11)19-13/h1-5H,(H,18,19). The number of benzene rings is 2. The number of nitrogens with one attached hydrogen (secondary N) is 1. The number of halogens is 4. The van der Waals surface area contributed by atoms with E-state index in [9.17, 15) is 8.78 Å². The largest absolute Gasteiger partial charge is 0.338 e. The summed E-state index contributed by atoms with van der Waals surface area (Å²) in [5.41, 5.74) is 1.23. The molecule has 2 nitrogen and oxygen atoms in total. The fourth-order valence-corrected chi connectivity index (χ4v) is 2.64. The molecule has 0 radical (unpaired) electrons. The molecule has 0 fully saturated rings. The third-order valence-corrected chi connectivity index (χ3v) is 3.87. The summed E-state index contributed by atoms with van der Waals surface area (Å²) >= 11 is 6.78. The van der Waals surface area contributed by atoms with Crippen LogP contribution in [0.2, 0.25) is 0 Å². The summed E-state index contributed by atoms with van der Waals surface area (Å²) < 4.78 is 28.4. The lowest BCUT2D eigenvalue weighted by molar-refractivity contribution is 0.591. The van der Waals surface area contributed by atoms with Crippen molar-refractivity contribution in [2.75, 3.05) is 0 Å². The second kappa shape index (κ2) is 4.68. The van der Waals surface area contributed by atoms with Crippen molar-refractivity contribution in [1.29, 1.82) is 0 Å². The molecule has 0 aliphatic rings. The van der Waals surface area contributed by atoms with E-state index in [2.05, 4.69) is 41.8 Å². The van der Waals surface area contributed by atoms with Gasteiger partial charge in [0.1, 0.15) is 17.2 Å². The van der Waals surface area contributed by atoms with Gasteiger partial charge in [-0.15, -0.1) is 0 Å². The minimum absolute atomic E-state index is 0.128. The van der Waals surface area contributed by atoms with Crippen molar-refractivity contribution in [2.45, 2.75) is 0 Å². The molecule has 0 aliphatic carbocycles. The first-order valence-corrected chi connectivity index (χ1v) is 6.93. The second-order valence-electron chi connectivity index (χ2n) is 3.99. The zero-order valence-electron chi connectivity index (χ0n) is 9.35. The zero-order valence-corrected chi connectivity index (χ0v) is 12.5. The molecular weight excluding hydrogens is 382 g/mol. The van der Waals surface area contributed by atoms with Crippen LogP contribution in [0, 0.1) is 11.6 Å². The minimum atomic E-state index is -0.677. The molecule has 19 heavy (non-hydrogen) atoms. The second-order valence-corrected chi connectivity index (χ2v) is 5.76. The van der Waals surface area contributed by atoms with Crippen molar-refractivity contribution >= 4 is 42.9 Å². The van der Waals surface area contributed by atoms with Crippen LogP contribution in [0.4, 0.5) is 8.78 Å². The van der Waals surface area contributed by atoms with Crippen LogP contribution in [0.15, 0.2) is 39.3 Å². The summed E-state index contributed by atoms with van der Waals surface area (Å²) in [5.74, 6) is -0.829. The van der Waals surface area contributed by atoms with Crippen LogP contribution >= 0.6 is 31.9 Å². The maximum absolute atomic E-state index is 13.6. The fourth-order valence-electron chi connectivity index (χ4n) is 1.85. The lowest BCUT2D eigenvalue weighted by Gasteiger charge is -2.01. The molecule has 1 N–H and O–H groups in total. The Labute approximate surface area is 124 Å². The number of imidazole rings is 1. The Bertz CT molecular complexity index is 784. The summed E-state index contributed by atoms with van der Waals surface area (Å²) in [7, 11) is 0. The Morgan fingerprint density at radius 2 is 1.84 bits per heavy atom. The van der Waals surface area contributed by atoms with Gasteiger partial charge < -0.3 is 4.98 Å². The number of hydrogen-bond donors (Lipinski definition) is 1. The molecule has 6 heteroatoms. The number of fused-ring (bicyclic) bond motifs is 1. The van der Waals surface area contributed by atoms with Gasteiger partial charge in [0.05, 0.1) is 5.52 Å². The third-order valence-electron chi connectivity index (χ3n) is 2.69. The molecule has 3 rings (SSSR count). The van der Waals surface area contributed by atoms with Crippen LogP contribution in [0.3, 0.4) is 0 Å². The van der Waals surface area contributed by atoms with Gasteiger partial charge in [-0.1, -0.05) is 31.9 Å². The molecule has 0 aliphatic heterocycles. The van der Waals surface area contributed by atoms with Crippen LogP contribution in [0.1, 0.15) is 0 Å². The van der Waals surface area contributed by atoms with Crippen LogP contribution < -0.4 is 0 Å². The number of hydrogen-bond acceptors (Lipinski definition) is 1. The van der Waals surface area contributed by atoms with Gasteiger partial charge in [-0.05, 0) is 24.3 Å². The van der Waals surface area contributed by atoms with Crippen LogP contribution in [-0.2, 0) is 0 Å². The molecule has 0 amide bonds. The van der Waals surface area contributed by atoms with Gasteiger partial charge in [0.2, 0.25) is 0 Å². The van der Waals surface area contributed by atoms with Crippen LogP contribution in [0.5, 0.6) is 0 Å². The first kappa shape index (κ1) is 12.7. The molecule has 3 aromatic rings. The number of rotatable bonds is 1. The van der Waals surface area contributed by atoms with Gasteiger partial charge in [0.15, 0.2) is 5.82 Å². The van der Waals surface area contributed by atoms with E-state index in [1.54, 1.807) is 0 Å². The monoisotopic (exact) mass is 386 g/mol. The molecule has 0 saturated heterocycles. The van der Waals surface area contributed by atoms with E-state index in [1.807, 2.05) is 18.2 Å².